The number of hydrogen-bond acceptors (Lipinski definition) is 9. The minimum absolute atomic E-state index is 0.0196. The van der Waals surface area contributed by atoms with E-state index in [0.29, 0.717) is 35.5 Å². The third-order valence-electron chi connectivity index (χ3n) is 6.49. The number of aliphatic hydroxyl groups excluding tert-OH is 1. The van der Waals surface area contributed by atoms with Crippen molar-refractivity contribution in [2.24, 2.45) is 0 Å². The lowest BCUT2D eigenvalue weighted by Gasteiger charge is -2.49. The van der Waals surface area contributed by atoms with E-state index >= 15 is 0 Å². The Morgan fingerprint density at radius 1 is 1.25 bits per heavy atom. The molecule has 3 aromatic heterocycles. The molecule has 1 unspecified atom stereocenters. The summed E-state index contributed by atoms with van der Waals surface area (Å²) in [5, 5.41) is 27.0. The number of hydrogen-bond donors (Lipinski definition) is 3. The van der Waals surface area contributed by atoms with Crippen molar-refractivity contribution >= 4 is 39.0 Å². The van der Waals surface area contributed by atoms with Crippen LogP contribution in [0.25, 0.3) is 10.9 Å². The highest BCUT2D eigenvalue weighted by Crippen LogP contribution is 2.36. The number of anilines is 3. The Kier molecular flexibility index (Phi) is 6.17. The first-order valence-corrected chi connectivity index (χ1v) is 12.0. The number of aliphatic hydroxyl groups is 1. The Hall–Kier alpha value is -2.80. The van der Waals surface area contributed by atoms with Gasteiger partial charge in [0.2, 0.25) is 0 Å². The predicted molar refractivity (Wildman–Crippen MR) is 126 cm³/mol. The largest absolute Gasteiger partial charge is 0.391 e. The number of thiazole rings is 1. The van der Waals surface area contributed by atoms with E-state index in [-0.39, 0.29) is 6.61 Å². The zero-order chi connectivity index (χ0) is 21.9. The molecule has 2 aliphatic rings. The van der Waals surface area contributed by atoms with Gasteiger partial charge in [0.1, 0.15) is 11.6 Å². The standard InChI is InChI=1S/C23H27N7OS/c24-7-3-9-30-16-4-1-5-17(30)11-15(10-16)27-22-19-6-2-8-25-20(19)12-21(28-22)29-23-26-13-18(14-31)32-23/h2,6,8,12-13,15-17,31H,1,3-5,9-11,14H2,(H2,26,27,28,29)/t15?,16-,17+. The fraction of sp³-hybridized carbons (Fsp3) is 0.478. The van der Waals surface area contributed by atoms with E-state index in [9.17, 15) is 5.11 Å². The zero-order valence-electron chi connectivity index (χ0n) is 17.9. The average Bonchev–Trinajstić information content (AvgIpc) is 3.25. The second-order valence-corrected chi connectivity index (χ2v) is 9.65. The number of pyridine rings is 2. The van der Waals surface area contributed by atoms with E-state index in [1.54, 1.807) is 12.4 Å². The molecule has 3 atom stereocenters. The lowest BCUT2D eigenvalue weighted by molar-refractivity contribution is 0.0370. The molecule has 2 saturated heterocycles. The molecule has 9 heteroatoms. The molecule has 0 spiro atoms. The first-order chi connectivity index (χ1) is 15.7. The maximum absolute atomic E-state index is 9.31. The summed E-state index contributed by atoms with van der Waals surface area (Å²) in [5.41, 5.74) is 0.873. The Balaban J connectivity index is 1.38. The van der Waals surface area contributed by atoms with Crippen molar-refractivity contribution in [2.75, 3.05) is 17.2 Å². The number of aromatic nitrogens is 3. The lowest BCUT2D eigenvalue weighted by atomic mass is 9.81. The number of piperidine rings is 2. The van der Waals surface area contributed by atoms with Gasteiger partial charge in [0.15, 0.2) is 5.13 Å². The van der Waals surface area contributed by atoms with Crippen molar-refractivity contribution in [3.8, 4) is 6.07 Å². The first-order valence-electron chi connectivity index (χ1n) is 11.2. The third-order valence-corrected chi connectivity index (χ3v) is 7.39. The Morgan fingerprint density at radius 3 is 2.84 bits per heavy atom. The van der Waals surface area contributed by atoms with Crippen LogP contribution in [0.1, 0.15) is 43.4 Å². The summed E-state index contributed by atoms with van der Waals surface area (Å²) >= 11 is 1.41. The van der Waals surface area contributed by atoms with Gasteiger partial charge in [-0.15, -0.1) is 0 Å². The highest BCUT2D eigenvalue weighted by Gasteiger charge is 2.38. The molecular weight excluding hydrogens is 422 g/mol. The van der Waals surface area contributed by atoms with Gasteiger partial charge in [0, 0.05) is 54.9 Å². The SMILES string of the molecule is N#CCCN1[C@@H]2CCC[C@H]1CC(Nc1nc(Nc3ncc(CO)s3)cc3ncccc13)C2. The van der Waals surface area contributed by atoms with Gasteiger partial charge in [-0.1, -0.05) is 17.8 Å². The highest BCUT2D eigenvalue weighted by atomic mass is 32.1. The van der Waals surface area contributed by atoms with E-state index in [0.717, 1.165) is 41.0 Å². The van der Waals surface area contributed by atoms with E-state index in [1.165, 1.54) is 30.6 Å². The quantitative estimate of drug-likeness (QED) is 0.496. The van der Waals surface area contributed by atoms with Gasteiger partial charge in [0.05, 0.1) is 23.1 Å². The molecule has 0 aromatic carbocycles. The molecule has 0 aliphatic carbocycles. The minimum Gasteiger partial charge on any atom is -0.391 e. The molecule has 0 radical (unpaired) electrons. The van der Waals surface area contributed by atoms with Gasteiger partial charge in [0.25, 0.3) is 0 Å². The van der Waals surface area contributed by atoms with Crippen molar-refractivity contribution in [2.45, 2.75) is 63.3 Å². The average molecular weight is 450 g/mol. The molecular formula is C23H27N7OS. The van der Waals surface area contributed by atoms with E-state index in [1.807, 2.05) is 12.1 Å². The number of nitriles is 1. The van der Waals surface area contributed by atoms with Gasteiger partial charge in [-0.2, -0.15) is 5.26 Å². The van der Waals surface area contributed by atoms with Gasteiger partial charge < -0.3 is 15.7 Å². The van der Waals surface area contributed by atoms with Crippen molar-refractivity contribution in [1.82, 2.24) is 19.9 Å². The minimum atomic E-state index is -0.0196. The van der Waals surface area contributed by atoms with Gasteiger partial charge in [-0.3, -0.25) is 9.88 Å². The van der Waals surface area contributed by atoms with E-state index < -0.39 is 0 Å². The summed E-state index contributed by atoms with van der Waals surface area (Å²) in [7, 11) is 0. The summed E-state index contributed by atoms with van der Waals surface area (Å²) in [6.45, 7) is 0.862. The molecule has 2 fully saturated rings. The molecule has 2 bridgehead atoms. The second kappa shape index (κ2) is 9.36. The molecule has 3 N–H and O–H groups in total. The van der Waals surface area contributed by atoms with Gasteiger partial charge in [-0.05, 0) is 37.8 Å². The molecule has 0 amide bonds. The molecule has 32 heavy (non-hydrogen) atoms. The van der Waals surface area contributed by atoms with Crippen molar-refractivity contribution in [3.05, 3.63) is 35.5 Å². The highest BCUT2D eigenvalue weighted by molar-refractivity contribution is 7.15. The van der Waals surface area contributed by atoms with Crippen LogP contribution in [-0.2, 0) is 6.61 Å². The topological polar surface area (TPSA) is 110 Å². The lowest BCUT2D eigenvalue weighted by Crippen LogP contribution is -2.55. The van der Waals surface area contributed by atoms with Crippen LogP contribution < -0.4 is 10.6 Å². The van der Waals surface area contributed by atoms with Crippen molar-refractivity contribution < 1.29 is 5.11 Å². The number of nitrogens with zero attached hydrogens (tertiary/aromatic N) is 5. The monoisotopic (exact) mass is 449 g/mol. The van der Waals surface area contributed by atoms with Gasteiger partial charge in [-0.25, -0.2) is 9.97 Å². The summed E-state index contributed by atoms with van der Waals surface area (Å²) in [6.07, 6.45) is 9.88. The fourth-order valence-electron chi connectivity index (χ4n) is 5.13. The zero-order valence-corrected chi connectivity index (χ0v) is 18.7. The second-order valence-electron chi connectivity index (χ2n) is 8.54. The van der Waals surface area contributed by atoms with Crippen LogP contribution in [0.3, 0.4) is 0 Å². The van der Waals surface area contributed by atoms with Gasteiger partial charge >= 0.3 is 0 Å². The predicted octanol–water partition coefficient (Wildman–Crippen LogP) is 4.03. The maximum atomic E-state index is 9.31. The molecule has 3 aromatic rings. The smallest absolute Gasteiger partial charge is 0.188 e. The van der Waals surface area contributed by atoms with Crippen LogP contribution in [0.2, 0.25) is 0 Å². The van der Waals surface area contributed by atoms with Crippen LogP contribution >= 0.6 is 11.3 Å². The number of fused-ring (bicyclic) bond motifs is 3. The maximum Gasteiger partial charge on any atom is 0.188 e. The Bertz CT molecular complexity index is 1110. The van der Waals surface area contributed by atoms with Crippen molar-refractivity contribution in [3.63, 3.8) is 0 Å². The van der Waals surface area contributed by atoms with Crippen LogP contribution in [-0.4, -0.2) is 49.6 Å². The van der Waals surface area contributed by atoms with Crippen molar-refractivity contribution in [1.29, 1.82) is 5.26 Å². The Labute approximate surface area is 191 Å². The molecule has 166 valence electrons. The molecule has 5 rings (SSSR count). The summed E-state index contributed by atoms with van der Waals surface area (Å²) in [6, 6.07) is 9.64. The van der Waals surface area contributed by atoms with Crippen LogP contribution in [0.15, 0.2) is 30.6 Å². The van der Waals surface area contributed by atoms with Crippen LogP contribution in [0, 0.1) is 11.3 Å². The third kappa shape index (κ3) is 4.39. The fourth-order valence-corrected chi connectivity index (χ4v) is 5.81. The Morgan fingerprint density at radius 2 is 2.09 bits per heavy atom. The van der Waals surface area contributed by atoms with E-state index in [2.05, 4.69) is 37.6 Å². The first kappa shape index (κ1) is 21.1. The summed E-state index contributed by atoms with van der Waals surface area (Å²) in [5.74, 6) is 1.52. The van der Waals surface area contributed by atoms with Crippen LogP contribution in [0.4, 0.5) is 16.8 Å². The molecule has 8 nitrogen and oxygen atoms in total. The molecule has 0 saturated carbocycles. The number of rotatable bonds is 7. The normalized spacial score (nSPS) is 23.1. The number of nitrogens with one attached hydrogen (secondary N) is 2. The molecule has 5 heterocycles. The summed E-state index contributed by atoms with van der Waals surface area (Å²) in [4.78, 5) is 17.1. The summed E-state index contributed by atoms with van der Waals surface area (Å²) < 4.78 is 0. The molecule has 2 aliphatic heterocycles. The van der Waals surface area contributed by atoms with E-state index in [4.69, 9.17) is 10.2 Å². The van der Waals surface area contributed by atoms with Crippen LogP contribution in [0.5, 0.6) is 0 Å².